The first-order valence-electron chi connectivity index (χ1n) is 4.48. The molecule has 1 heterocycles. The lowest BCUT2D eigenvalue weighted by atomic mass is 10.2. The van der Waals surface area contributed by atoms with Gasteiger partial charge < -0.3 is 4.74 Å². The average Bonchev–Trinajstić information content (AvgIpc) is 2.60. The van der Waals surface area contributed by atoms with Gasteiger partial charge in [-0.3, -0.25) is 0 Å². The fraction of sp³-hybridized carbons (Fsp3) is 0.182. The summed E-state index contributed by atoms with van der Waals surface area (Å²) in [6, 6.07) is 8.05. The lowest BCUT2D eigenvalue weighted by Gasteiger charge is -1.98. The van der Waals surface area contributed by atoms with Crippen molar-refractivity contribution in [2.24, 2.45) is 0 Å². The van der Waals surface area contributed by atoms with Gasteiger partial charge in [0.15, 0.2) is 5.06 Å². The first-order chi connectivity index (χ1) is 7.22. The number of aryl methyl sites for hydroxylation is 1. The highest BCUT2D eigenvalue weighted by molar-refractivity contribution is 9.10. The van der Waals surface area contributed by atoms with Crippen molar-refractivity contribution >= 4 is 27.3 Å². The molecule has 0 unspecified atom stereocenters. The molecule has 1 aromatic heterocycles. The Morgan fingerprint density at radius 2 is 2.07 bits per heavy atom. The number of halogens is 1. The third-order valence-corrected chi connectivity index (χ3v) is 3.89. The van der Waals surface area contributed by atoms with E-state index in [9.17, 15) is 0 Å². The molecule has 0 atom stereocenters. The maximum atomic E-state index is 5.23. The summed E-state index contributed by atoms with van der Waals surface area (Å²) in [5, 5.41) is 1.86. The third-order valence-electron chi connectivity index (χ3n) is 2.04. The Morgan fingerprint density at radius 1 is 1.33 bits per heavy atom. The molecule has 2 aromatic rings. The van der Waals surface area contributed by atoms with E-state index in [1.165, 1.54) is 0 Å². The number of rotatable bonds is 2. The van der Waals surface area contributed by atoms with Crippen molar-refractivity contribution in [3.8, 4) is 15.6 Å². The summed E-state index contributed by atoms with van der Waals surface area (Å²) in [6.07, 6.45) is 0. The largest absolute Gasteiger partial charge is 0.486 e. The minimum absolute atomic E-state index is 0.876. The zero-order valence-electron chi connectivity index (χ0n) is 8.45. The Hall–Kier alpha value is -0.870. The van der Waals surface area contributed by atoms with Crippen LogP contribution in [0.5, 0.6) is 5.06 Å². The predicted molar refractivity (Wildman–Crippen MR) is 66.5 cm³/mol. The molecular weight excluding hydrogens is 274 g/mol. The molecule has 0 bridgehead atoms. The summed E-state index contributed by atoms with van der Waals surface area (Å²) >= 11 is 5.08. The lowest BCUT2D eigenvalue weighted by Crippen LogP contribution is -1.80. The molecule has 0 radical (unpaired) electrons. The Balaban J connectivity index is 2.50. The summed E-state index contributed by atoms with van der Waals surface area (Å²) in [6.45, 7) is 1.95. The maximum Gasteiger partial charge on any atom is 0.197 e. The van der Waals surface area contributed by atoms with Gasteiger partial charge in [-0.15, -0.1) is 0 Å². The predicted octanol–water partition coefficient (Wildman–Crippen LogP) is 3.89. The molecule has 0 spiro atoms. The quantitative estimate of drug-likeness (QED) is 0.834. The van der Waals surface area contributed by atoms with E-state index in [1.54, 1.807) is 18.4 Å². The van der Waals surface area contributed by atoms with E-state index in [0.29, 0.717) is 0 Å². The molecule has 2 rings (SSSR count). The first-order valence-corrected chi connectivity index (χ1v) is 6.09. The zero-order valence-corrected chi connectivity index (χ0v) is 10.9. The van der Waals surface area contributed by atoms with Gasteiger partial charge in [-0.05, 0) is 13.0 Å². The number of thiazole rings is 1. The van der Waals surface area contributed by atoms with Crippen LogP contribution in [0.25, 0.3) is 10.6 Å². The van der Waals surface area contributed by atoms with E-state index in [-0.39, 0.29) is 0 Å². The molecular formula is C11H10BrNOS. The second-order valence-corrected chi connectivity index (χ2v) is 4.89. The first kappa shape index (κ1) is 10.6. The highest BCUT2D eigenvalue weighted by atomic mass is 79.9. The van der Waals surface area contributed by atoms with Crippen LogP contribution in [0.1, 0.15) is 5.69 Å². The monoisotopic (exact) mass is 283 g/mol. The summed E-state index contributed by atoms with van der Waals surface area (Å²) < 4.78 is 6.28. The van der Waals surface area contributed by atoms with Gasteiger partial charge >= 0.3 is 0 Å². The summed E-state index contributed by atoms with van der Waals surface area (Å²) in [4.78, 5) is 4.48. The van der Waals surface area contributed by atoms with Crippen molar-refractivity contribution in [2.45, 2.75) is 6.92 Å². The molecule has 0 saturated heterocycles. The standard InChI is InChI=1S/C11H10BrNOS/c1-7-11(14-2)15-10(13-7)8-5-3-4-6-9(8)12/h3-6H,1-2H3. The number of methoxy groups -OCH3 is 1. The van der Waals surface area contributed by atoms with E-state index in [2.05, 4.69) is 20.9 Å². The zero-order chi connectivity index (χ0) is 10.8. The SMILES string of the molecule is COc1sc(-c2ccccc2Br)nc1C. The van der Waals surface area contributed by atoms with E-state index >= 15 is 0 Å². The van der Waals surface area contributed by atoms with Crippen molar-refractivity contribution in [3.05, 3.63) is 34.4 Å². The summed E-state index contributed by atoms with van der Waals surface area (Å²) in [5.41, 5.74) is 2.04. The third kappa shape index (κ3) is 2.06. The van der Waals surface area contributed by atoms with Gasteiger partial charge in [0.25, 0.3) is 0 Å². The smallest absolute Gasteiger partial charge is 0.197 e. The van der Waals surface area contributed by atoms with Gasteiger partial charge in [-0.1, -0.05) is 45.5 Å². The van der Waals surface area contributed by atoms with Gasteiger partial charge in [-0.2, -0.15) is 0 Å². The van der Waals surface area contributed by atoms with Crippen LogP contribution in [0.2, 0.25) is 0 Å². The summed E-state index contributed by atoms with van der Waals surface area (Å²) in [5.74, 6) is 0. The molecule has 0 aliphatic rings. The average molecular weight is 284 g/mol. The van der Waals surface area contributed by atoms with Gasteiger partial charge in [0.1, 0.15) is 5.01 Å². The molecule has 1 aromatic carbocycles. The van der Waals surface area contributed by atoms with Crippen LogP contribution in [0.4, 0.5) is 0 Å². The molecule has 78 valence electrons. The molecule has 4 heteroatoms. The van der Waals surface area contributed by atoms with Gasteiger partial charge in [-0.25, -0.2) is 4.98 Å². The van der Waals surface area contributed by atoms with Crippen molar-refractivity contribution in [2.75, 3.05) is 7.11 Å². The van der Waals surface area contributed by atoms with Crippen LogP contribution in [0.3, 0.4) is 0 Å². The number of nitrogens with zero attached hydrogens (tertiary/aromatic N) is 1. The highest BCUT2D eigenvalue weighted by Crippen LogP contribution is 2.36. The van der Waals surface area contributed by atoms with E-state index in [1.807, 2.05) is 31.2 Å². The van der Waals surface area contributed by atoms with Gasteiger partial charge in [0, 0.05) is 10.0 Å². The number of hydrogen-bond acceptors (Lipinski definition) is 3. The van der Waals surface area contributed by atoms with E-state index in [0.717, 1.165) is 25.8 Å². The second kappa shape index (κ2) is 4.33. The van der Waals surface area contributed by atoms with Crippen molar-refractivity contribution < 1.29 is 4.74 Å². The fourth-order valence-corrected chi connectivity index (χ4v) is 2.85. The number of ether oxygens (including phenoxy) is 1. The minimum Gasteiger partial charge on any atom is -0.486 e. The molecule has 0 saturated carbocycles. The van der Waals surface area contributed by atoms with Crippen LogP contribution in [-0.2, 0) is 0 Å². The van der Waals surface area contributed by atoms with E-state index < -0.39 is 0 Å². The van der Waals surface area contributed by atoms with Crippen molar-refractivity contribution in [3.63, 3.8) is 0 Å². The topological polar surface area (TPSA) is 22.1 Å². The van der Waals surface area contributed by atoms with Crippen molar-refractivity contribution in [1.82, 2.24) is 4.98 Å². The van der Waals surface area contributed by atoms with E-state index in [4.69, 9.17) is 4.74 Å². The lowest BCUT2D eigenvalue weighted by molar-refractivity contribution is 0.423. The molecule has 0 aliphatic heterocycles. The fourth-order valence-electron chi connectivity index (χ4n) is 1.32. The number of aromatic nitrogens is 1. The Kier molecular flexibility index (Phi) is 3.07. The molecule has 0 aliphatic carbocycles. The van der Waals surface area contributed by atoms with Gasteiger partial charge in [0.05, 0.1) is 12.8 Å². The minimum atomic E-state index is 0.876. The Bertz CT molecular complexity index is 481. The normalized spacial score (nSPS) is 10.3. The van der Waals surface area contributed by atoms with Crippen LogP contribution in [0, 0.1) is 6.92 Å². The Morgan fingerprint density at radius 3 is 2.67 bits per heavy atom. The molecule has 0 fully saturated rings. The number of hydrogen-bond donors (Lipinski definition) is 0. The number of benzene rings is 1. The van der Waals surface area contributed by atoms with Crippen LogP contribution >= 0.6 is 27.3 Å². The van der Waals surface area contributed by atoms with Crippen molar-refractivity contribution in [1.29, 1.82) is 0 Å². The highest BCUT2D eigenvalue weighted by Gasteiger charge is 2.11. The van der Waals surface area contributed by atoms with Crippen LogP contribution in [-0.4, -0.2) is 12.1 Å². The molecule has 15 heavy (non-hydrogen) atoms. The molecule has 0 N–H and O–H groups in total. The van der Waals surface area contributed by atoms with Crippen LogP contribution < -0.4 is 4.74 Å². The van der Waals surface area contributed by atoms with Gasteiger partial charge in [0.2, 0.25) is 0 Å². The Labute approximate surface area is 101 Å². The second-order valence-electron chi connectivity index (χ2n) is 3.08. The maximum absolute atomic E-state index is 5.23. The van der Waals surface area contributed by atoms with Crippen LogP contribution in [0.15, 0.2) is 28.7 Å². The molecule has 2 nitrogen and oxygen atoms in total. The molecule has 0 amide bonds. The summed E-state index contributed by atoms with van der Waals surface area (Å²) in [7, 11) is 1.67.